The van der Waals surface area contributed by atoms with Crippen molar-refractivity contribution in [1.82, 2.24) is 34.4 Å². The predicted octanol–water partition coefficient (Wildman–Crippen LogP) is 4.45. The highest BCUT2D eigenvalue weighted by molar-refractivity contribution is 5.83. The Hall–Kier alpha value is -5.14. The van der Waals surface area contributed by atoms with E-state index in [1.807, 2.05) is 34.9 Å². The van der Waals surface area contributed by atoms with Crippen molar-refractivity contribution in [2.45, 2.75) is 25.4 Å². The lowest BCUT2D eigenvalue weighted by molar-refractivity contribution is 0.211. The number of hydrogen-bond acceptors (Lipinski definition) is 9. The summed E-state index contributed by atoms with van der Waals surface area (Å²) >= 11 is 0. The molecule has 0 unspecified atom stereocenters. The van der Waals surface area contributed by atoms with Crippen LogP contribution in [0.15, 0.2) is 73.6 Å². The van der Waals surface area contributed by atoms with E-state index < -0.39 is 0 Å². The van der Waals surface area contributed by atoms with E-state index in [-0.39, 0.29) is 5.82 Å². The van der Waals surface area contributed by atoms with Gasteiger partial charge >= 0.3 is 0 Å². The summed E-state index contributed by atoms with van der Waals surface area (Å²) in [5, 5.41) is 12.5. The fourth-order valence-electron chi connectivity index (χ4n) is 5.06. The van der Waals surface area contributed by atoms with Gasteiger partial charge in [-0.15, -0.1) is 0 Å². The Morgan fingerprint density at radius 1 is 1.00 bits per heavy atom. The second-order valence-electron chi connectivity index (χ2n) is 9.73. The first-order valence-electron chi connectivity index (χ1n) is 13.2. The highest BCUT2D eigenvalue weighted by Gasteiger charge is 2.21. The van der Waals surface area contributed by atoms with Crippen LogP contribution in [0, 0.1) is 11.3 Å². The summed E-state index contributed by atoms with van der Waals surface area (Å²) in [6.07, 6.45) is 7.01. The molecule has 1 aliphatic rings. The summed E-state index contributed by atoms with van der Waals surface area (Å²) in [7, 11) is 0. The van der Waals surface area contributed by atoms with Gasteiger partial charge in [0.05, 0.1) is 11.3 Å². The molecule has 1 saturated heterocycles. The van der Waals surface area contributed by atoms with Crippen molar-refractivity contribution in [2.75, 3.05) is 24.1 Å². The van der Waals surface area contributed by atoms with Crippen LogP contribution in [0.25, 0.3) is 34.3 Å². The third-order valence-corrected chi connectivity index (χ3v) is 7.11. The van der Waals surface area contributed by atoms with Gasteiger partial charge in [-0.25, -0.2) is 24.9 Å². The van der Waals surface area contributed by atoms with Crippen molar-refractivity contribution in [3.05, 3.63) is 90.7 Å². The lowest BCUT2D eigenvalue weighted by Gasteiger charge is -2.32. The first-order chi connectivity index (χ1) is 19.6. The first-order valence-corrected chi connectivity index (χ1v) is 13.2. The minimum atomic E-state index is 0.183. The largest absolute Gasteiger partial charge is 0.383 e. The number of nitrogens with one attached hydrogen (secondary N) is 1. The van der Waals surface area contributed by atoms with Crippen LogP contribution in [0.4, 0.5) is 11.6 Å². The number of piperidine rings is 1. The zero-order valence-electron chi connectivity index (χ0n) is 21.9. The van der Waals surface area contributed by atoms with Crippen LogP contribution in [0.5, 0.6) is 0 Å². The minimum absolute atomic E-state index is 0.183. The van der Waals surface area contributed by atoms with Gasteiger partial charge in [0.15, 0.2) is 11.5 Å². The summed E-state index contributed by atoms with van der Waals surface area (Å²) in [6.45, 7) is 6.68. The van der Waals surface area contributed by atoms with Gasteiger partial charge in [0, 0.05) is 43.8 Å². The predicted molar refractivity (Wildman–Crippen MR) is 155 cm³/mol. The molecule has 0 atom stereocenters. The Morgan fingerprint density at radius 2 is 1.82 bits per heavy atom. The van der Waals surface area contributed by atoms with Crippen molar-refractivity contribution < 1.29 is 0 Å². The zero-order valence-corrected chi connectivity index (χ0v) is 21.9. The van der Waals surface area contributed by atoms with Crippen molar-refractivity contribution in [1.29, 1.82) is 5.26 Å². The SMILES string of the molecule is C=Cc1ccc2nc(-c3cccnc3N)n(-c3ccc(CN4CCC(Nc5ccnc(C#N)n5)CC4)cc3)c2n1. The van der Waals surface area contributed by atoms with E-state index in [0.717, 1.165) is 60.6 Å². The highest BCUT2D eigenvalue weighted by atomic mass is 15.2. The fraction of sp³-hybridized carbons (Fsp3) is 0.200. The normalized spacial score (nSPS) is 14.2. The highest BCUT2D eigenvalue weighted by Crippen LogP contribution is 2.30. The van der Waals surface area contributed by atoms with Gasteiger partial charge in [-0.3, -0.25) is 9.47 Å². The number of nitriles is 1. The standard InChI is InChI=1S/C30H28N10/c1-2-21-7-10-25-30(36-21)40(29(37-25)24-4-3-14-34-28(24)32)23-8-5-20(6-9-23)19-39-16-12-22(13-17-39)35-26-11-15-33-27(18-31)38-26/h2-11,14-15,22H,1,12-13,16-17,19H2,(H2,32,34)(H,33,35,38). The fourth-order valence-corrected chi connectivity index (χ4v) is 5.06. The van der Waals surface area contributed by atoms with Gasteiger partial charge in [0.1, 0.15) is 23.2 Å². The molecule has 0 amide bonds. The molecule has 40 heavy (non-hydrogen) atoms. The summed E-state index contributed by atoms with van der Waals surface area (Å²) in [6, 6.07) is 20.3. The number of likely N-dealkylation sites (tertiary alicyclic amines) is 1. The van der Waals surface area contributed by atoms with Gasteiger partial charge in [-0.05, 0) is 66.9 Å². The molecule has 0 saturated carbocycles. The molecule has 5 aromatic rings. The molecule has 10 heteroatoms. The van der Waals surface area contributed by atoms with E-state index in [1.165, 1.54) is 5.56 Å². The van der Waals surface area contributed by atoms with Gasteiger partial charge in [-0.2, -0.15) is 5.26 Å². The van der Waals surface area contributed by atoms with Crippen LogP contribution in [0.3, 0.4) is 0 Å². The molecule has 198 valence electrons. The van der Waals surface area contributed by atoms with E-state index >= 15 is 0 Å². The minimum Gasteiger partial charge on any atom is -0.383 e. The molecule has 0 radical (unpaired) electrons. The Balaban J connectivity index is 1.19. The number of rotatable bonds is 7. The Kier molecular flexibility index (Phi) is 6.87. The van der Waals surface area contributed by atoms with E-state index in [1.54, 1.807) is 24.5 Å². The third kappa shape index (κ3) is 5.10. The molecular weight excluding hydrogens is 500 g/mol. The van der Waals surface area contributed by atoms with Crippen LogP contribution >= 0.6 is 0 Å². The van der Waals surface area contributed by atoms with Gasteiger partial charge < -0.3 is 11.1 Å². The summed E-state index contributed by atoms with van der Waals surface area (Å²) in [5.74, 6) is 2.00. The topological polar surface area (TPSA) is 134 Å². The van der Waals surface area contributed by atoms with Crippen molar-refractivity contribution in [3.63, 3.8) is 0 Å². The quantitative estimate of drug-likeness (QED) is 0.314. The number of pyridine rings is 2. The number of hydrogen-bond donors (Lipinski definition) is 2. The summed E-state index contributed by atoms with van der Waals surface area (Å²) in [5.41, 5.74) is 11.5. The lowest BCUT2D eigenvalue weighted by Crippen LogP contribution is -2.38. The molecular formula is C30H28N10. The van der Waals surface area contributed by atoms with Crippen LogP contribution in [0.1, 0.15) is 29.9 Å². The number of fused-ring (bicyclic) bond motifs is 1. The van der Waals surface area contributed by atoms with Crippen molar-refractivity contribution >= 4 is 28.9 Å². The van der Waals surface area contributed by atoms with Crippen LogP contribution < -0.4 is 11.1 Å². The van der Waals surface area contributed by atoms with Crippen LogP contribution in [0.2, 0.25) is 0 Å². The van der Waals surface area contributed by atoms with E-state index in [4.69, 9.17) is 21.0 Å². The molecule has 4 aromatic heterocycles. The smallest absolute Gasteiger partial charge is 0.234 e. The summed E-state index contributed by atoms with van der Waals surface area (Å²) < 4.78 is 2.03. The number of nitrogens with two attached hydrogens (primary N) is 1. The second-order valence-corrected chi connectivity index (χ2v) is 9.73. The second kappa shape index (κ2) is 10.9. The number of nitrogens with zero attached hydrogens (tertiary/aromatic N) is 8. The molecule has 5 heterocycles. The molecule has 0 bridgehead atoms. The molecule has 1 aromatic carbocycles. The number of aromatic nitrogens is 6. The molecule has 0 spiro atoms. The monoisotopic (exact) mass is 528 g/mol. The molecule has 1 aliphatic heterocycles. The Morgan fingerprint density at radius 3 is 2.58 bits per heavy atom. The van der Waals surface area contributed by atoms with Crippen LogP contribution in [-0.2, 0) is 6.54 Å². The number of nitrogen functional groups attached to an aromatic ring is 1. The van der Waals surface area contributed by atoms with E-state index in [0.29, 0.717) is 23.5 Å². The lowest BCUT2D eigenvalue weighted by atomic mass is 10.0. The van der Waals surface area contributed by atoms with E-state index in [2.05, 4.69) is 56.0 Å². The maximum Gasteiger partial charge on any atom is 0.234 e. The molecule has 3 N–H and O–H groups in total. The third-order valence-electron chi connectivity index (χ3n) is 7.11. The van der Waals surface area contributed by atoms with Gasteiger partial charge in [0.25, 0.3) is 0 Å². The number of imidazole rings is 1. The Bertz CT molecular complexity index is 1710. The Labute approximate surface area is 231 Å². The summed E-state index contributed by atoms with van der Waals surface area (Å²) in [4.78, 5) is 24.6. The maximum atomic E-state index is 9.03. The molecule has 0 aliphatic carbocycles. The van der Waals surface area contributed by atoms with Crippen molar-refractivity contribution in [3.8, 4) is 23.1 Å². The maximum absolute atomic E-state index is 9.03. The van der Waals surface area contributed by atoms with Gasteiger partial charge in [0.2, 0.25) is 5.82 Å². The zero-order chi connectivity index (χ0) is 27.5. The molecule has 10 nitrogen and oxygen atoms in total. The molecule has 1 fully saturated rings. The number of anilines is 2. The van der Waals surface area contributed by atoms with Crippen LogP contribution in [-0.4, -0.2) is 53.5 Å². The molecule has 6 rings (SSSR count). The number of benzene rings is 1. The van der Waals surface area contributed by atoms with Gasteiger partial charge in [-0.1, -0.05) is 18.7 Å². The van der Waals surface area contributed by atoms with Crippen molar-refractivity contribution in [2.24, 2.45) is 0 Å². The van der Waals surface area contributed by atoms with E-state index in [9.17, 15) is 0 Å². The first kappa shape index (κ1) is 25.2. The average Bonchev–Trinajstić information content (AvgIpc) is 3.37. The average molecular weight is 529 g/mol.